The maximum Gasteiger partial charge on any atom is 0.460 e. The molecule has 0 aliphatic rings. The number of nitrogens with one attached hydrogen (secondary N) is 2. The maximum atomic E-state index is 15.0. The number of alkyl halides is 17. The second-order valence-electron chi connectivity index (χ2n) is 15.7. The Hall–Kier alpha value is -4.53. The monoisotopic (exact) mass is 1020 g/mol. The first-order valence-corrected chi connectivity index (χ1v) is 22.0. The SMILES string of the molecule is COc1ccc(NC(=O)O[C@H](CCC/C=C(\C)C(=O)NO)c2ccc(OCCO[Si](CCC(F)(F)C(F)(F)C(F)(F)C(F)(F)C(F)(F)C(F)(F)C(F)(F)C(F)(F)F)(C(C)C)C(C)C)cc2)cc1. The fraction of sp³-hybridized carbons (Fsp3) is 0.600. The van der Waals surface area contributed by atoms with Gasteiger partial charge >= 0.3 is 53.7 Å². The zero-order chi connectivity index (χ0) is 51.8. The molecule has 0 spiro atoms. The maximum absolute atomic E-state index is 15.0. The molecule has 9 nitrogen and oxygen atoms in total. The van der Waals surface area contributed by atoms with Crippen molar-refractivity contribution in [2.24, 2.45) is 0 Å². The van der Waals surface area contributed by atoms with Gasteiger partial charge < -0.3 is 18.6 Å². The van der Waals surface area contributed by atoms with E-state index in [2.05, 4.69) is 5.32 Å². The number of rotatable bonds is 25. The Kier molecular flexibility index (Phi) is 19.1. The van der Waals surface area contributed by atoms with Crippen molar-refractivity contribution < 1.29 is 108 Å². The van der Waals surface area contributed by atoms with Gasteiger partial charge in [-0.25, -0.2) is 10.3 Å². The predicted octanol–water partition coefficient (Wildman–Crippen LogP) is 13.2. The van der Waals surface area contributed by atoms with E-state index < -0.39 is 111 Å². The lowest BCUT2D eigenvalue weighted by molar-refractivity contribution is -0.461. The number of amides is 2. The predicted molar refractivity (Wildman–Crippen MR) is 207 cm³/mol. The summed E-state index contributed by atoms with van der Waals surface area (Å²) in [6.07, 6.45) is -9.73. The molecular formula is C40H47F17N2O7Si. The van der Waals surface area contributed by atoms with Gasteiger partial charge in [-0.1, -0.05) is 45.9 Å². The standard InChI is InChI=1S/C40H47F17N2O7Si/c1-23(2)67(24(3)4,22-19-33(41,42)34(43,44)35(45,46)36(47,48)37(49,50)38(51,52)39(53,54)40(55,56)57)65-21-20-64-29-15-11-26(12-16-29)30(10-8-7-9-25(5)31(60)59-62)66-32(61)58-27-13-17-28(63-6)18-14-27/h9,11-18,23-24,30,62H,7-8,10,19-22H2,1-6H3,(H,58,61)(H,59,60)/b25-9+/t30-/m1/s1. The van der Waals surface area contributed by atoms with E-state index in [0.717, 1.165) is 0 Å². The largest absolute Gasteiger partial charge is 0.497 e. The summed E-state index contributed by atoms with van der Waals surface area (Å²) >= 11 is 0. The van der Waals surface area contributed by atoms with Gasteiger partial charge in [0.05, 0.1) is 13.7 Å². The van der Waals surface area contributed by atoms with Gasteiger partial charge in [0.1, 0.15) is 24.2 Å². The molecule has 0 aliphatic carbocycles. The van der Waals surface area contributed by atoms with Gasteiger partial charge in [-0.2, -0.15) is 74.6 Å². The van der Waals surface area contributed by atoms with E-state index >= 15 is 8.78 Å². The fourth-order valence-electron chi connectivity index (χ4n) is 6.57. The number of hydrogen-bond donors (Lipinski definition) is 3. The quantitative estimate of drug-likeness (QED) is 0.0227. The average molecular weight is 1020 g/mol. The van der Waals surface area contributed by atoms with Crippen LogP contribution in [0.25, 0.3) is 0 Å². The number of allylic oxidation sites excluding steroid dienone is 1. The van der Waals surface area contributed by atoms with Crippen molar-refractivity contribution >= 4 is 26.0 Å². The number of carbonyl (C=O) groups is 2. The first-order valence-electron chi connectivity index (χ1n) is 19.8. The Bertz CT molecular complexity index is 1960. The second kappa shape index (κ2) is 21.8. The van der Waals surface area contributed by atoms with Gasteiger partial charge in [0.15, 0.2) is 8.32 Å². The Balaban J connectivity index is 2.27. The number of anilines is 1. The third kappa shape index (κ3) is 12.4. The lowest BCUT2D eigenvalue weighted by atomic mass is 9.88. The third-order valence-corrected chi connectivity index (χ3v) is 16.4. The van der Waals surface area contributed by atoms with E-state index in [9.17, 15) is 75.4 Å². The lowest BCUT2D eigenvalue weighted by Crippen LogP contribution is -2.74. The minimum absolute atomic E-state index is 0.119. The number of benzene rings is 2. The molecule has 2 rings (SSSR count). The van der Waals surface area contributed by atoms with Crippen molar-refractivity contribution in [2.45, 2.75) is 131 Å². The number of halogens is 17. The topological polar surface area (TPSA) is 115 Å². The highest BCUT2D eigenvalue weighted by molar-refractivity contribution is 6.76. The van der Waals surface area contributed by atoms with Gasteiger partial charge in [0.25, 0.3) is 5.91 Å². The van der Waals surface area contributed by atoms with E-state index in [1.165, 1.54) is 77.6 Å². The Labute approximate surface area is 373 Å². The zero-order valence-electron chi connectivity index (χ0n) is 36.2. The Morgan fingerprint density at radius 1 is 0.687 bits per heavy atom. The molecule has 0 unspecified atom stereocenters. The molecule has 1 atom stereocenters. The molecule has 382 valence electrons. The smallest absolute Gasteiger partial charge is 0.460 e. The van der Waals surface area contributed by atoms with E-state index in [-0.39, 0.29) is 17.7 Å². The highest BCUT2D eigenvalue weighted by atomic mass is 28.4. The number of carbonyl (C=O) groups excluding carboxylic acids is 2. The van der Waals surface area contributed by atoms with Gasteiger partial charge in [-0.15, -0.1) is 0 Å². The molecule has 0 saturated heterocycles. The summed E-state index contributed by atoms with van der Waals surface area (Å²) in [6.45, 7) is 5.75. The molecule has 2 amide bonds. The van der Waals surface area contributed by atoms with Crippen LogP contribution in [0.4, 0.5) is 85.1 Å². The fourth-order valence-corrected chi connectivity index (χ4v) is 11.0. The average Bonchev–Trinajstić information content (AvgIpc) is 3.23. The van der Waals surface area contributed by atoms with Gasteiger partial charge in [-0.05, 0) is 85.3 Å². The molecule has 2 aromatic carbocycles. The molecular weight excluding hydrogens is 971 g/mol. The number of hydrogen-bond acceptors (Lipinski definition) is 7. The molecule has 0 bridgehead atoms. The number of unbranched alkanes of at least 4 members (excludes halogenated alkanes) is 1. The van der Waals surface area contributed by atoms with Gasteiger partial charge in [-0.3, -0.25) is 15.3 Å². The van der Waals surface area contributed by atoms with Crippen molar-refractivity contribution in [1.29, 1.82) is 0 Å². The van der Waals surface area contributed by atoms with Crippen LogP contribution in [0.1, 0.15) is 72.0 Å². The minimum Gasteiger partial charge on any atom is -0.497 e. The van der Waals surface area contributed by atoms with Crippen molar-refractivity contribution in [3.63, 3.8) is 0 Å². The third-order valence-electron chi connectivity index (χ3n) is 10.7. The molecule has 0 saturated carbocycles. The number of methoxy groups -OCH3 is 1. The minimum atomic E-state index is -8.70. The van der Waals surface area contributed by atoms with E-state index in [1.807, 2.05) is 0 Å². The summed E-state index contributed by atoms with van der Waals surface area (Å²) in [5.41, 5.74) is 0.711. The number of ether oxygens (including phenoxy) is 3. The Morgan fingerprint density at radius 2 is 1.16 bits per heavy atom. The van der Waals surface area contributed by atoms with Gasteiger partial charge in [0.2, 0.25) is 0 Å². The lowest BCUT2D eigenvalue weighted by Gasteiger charge is -2.44. The van der Waals surface area contributed by atoms with Crippen molar-refractivity contribution in [2.75, 3.05) is 25.6 Å². The molecule has 0 aromatic heterocycles. The summed E-state index contributed by atoms with van der Waals surface area (Å²) in [4.78, 5) is 24.5. The van der Waals surface area contributed by atoms with E-state index in [4.69, 9.17) is 23.8 Å². The van der Waals surface area contributed by atoms with Crippen LogP contribution < -0.4 is 20.3 Å². The first kappa shape index (κ1) is 58.6. The van der Waals surface area contributed by atoms with Crippen molar-refractivity contribution in [3.05, 3.63) is 65.7 Å². The van der Waals surface area contributed by atoms with Gasteiger partial charge in [0, 0.05) is 17.7 Å². The second-order valence-corrected chi connectivity index (χ2v) is 20.7. The normalized spacial score (nSPS) is 14.6. The molecule has 67 heavy (non-hydrogen) atoms. The van der Waals surface area contributed by atoms with Crippen LogP contribution >= 0.6 is 0 Å². The summed E-state index contributed by atoms with van der Waals surface area (Å²) in [6, 6.07) is 10.7. The molecule has 2 aromatic rings. The molecule has 0 aliphatic heterocycles. The van der Waals surface area contributed by atoms with Crippen LogP contribution in [-0.2, 0) is 14.0 Å². The zero-order valence-corrected chi connectivity index (χ0v) is 37.2. The summed E-state index contributed by atoms with van der Waals surface area (Å²) in [5.74, 6) is -57.0. The highest BCUT2D eigenvalue weighted by Gasteiger charge is 2.95. The molecule has 0 fully saturated rings. The summed E-state index contributed by atoms with van der Waals surface area (Å²) in [7, 11) is -2.57. The van der Waals surface area contributed by atoms with Crippen LogP contribution in [0.5, 0.6) is 11.5 Å². The molecule has 0 radical (unpaired) electrons. The van der Waals surface area contributed by atoms with Crippen LogP contribution in [-0.4, -0.2) is 93.5 Å². The molecule has 3 N–H and O–H groups in total. The van der Waals surface area contributed by atoms with Crippen LogP contribution in [0.15, 0.2) is 60.2 Å². The number of hydroxylamine groups is 1. The summed E-state index contributed by atoms with van der Waals surface area (Å²) < 4.78 is 258. The van der Waals surface area contributed by atoms with Crippen LogP contribution in [0.3, 0.4) is 0 Å². The van der Waals surface area contributed by atoms with E-state index in [1.54, 1.807) is 24.3 Å². The van der Waals surface area contributed by atoms with Crippen molar-refractivity contribution in [3.8, 4) is 11.5 Å². The van der Waals surface area contributed by atoms with Crippen molar-refractivity contribution in [1.82, 2.24) is 5.48 Å². The first-order chi connectivity index (χ1) is 30.5. The van der Waals surface area contributed by atoms with Crippen LogP contribution in [0, 0.1) is 0 Å². The Morgan fingerprint density at radius 3 is 1.63 bits per heavy atom. The molecule has 0 heterocycles. The van der Waals surface area contributed by atoms with Crippen LogP contribution in [0.2, 0.25) is 17.1 Å². The highest BCUT2D eigenvalue weighted by Crippen LogP contribution is 2.64. The summed E-state index contributed by atoms with van der Waals surface area (Å²) in [5, 5.41) is 11.4. The van der Waals surface area contributed by atoms with E-state index in [0.29, 0.717) is 29.8 Å². The molecule has 27 heteroatoms.